The molecular weight excluding hydrogens is 306 g/mol. The zero-order chi connectivity index (χ0) is 14.3. The molecule has 20 heavy (non-hydrogen) atoms. The summed E-state index contributed by atoms with van der Waals surface area (Å²) in [7, 11) is 0. The van der Waals surface area contributed by atoms with Crippen molar-refractivity contribution in [2.45, 2.75) is 20.0 Å². The third-order valence-corrected chi connectivity index (χ3v) is 2.71. The number of rotatable bonds is 7. The molecule has 1 aromatic carbocycles. The Hall–Kier alpha value is -1.04. The average molecular weight is 325 g/mol. The van der Waals surface area contributed by atoms with E-state index in [4.69, 9.17) is 16.3 Å². The van der Waals surface area contributed by atoms with E-state index in [0.29, 0.717) is 13.1 Å². The molecule has 1 rings (SSSR count). The van der Waals surface area contributed by atoms with Crippen molar-refractivity contribution in [3.8, 4) is 5.75 Å². The van der Waals surface area contributed by atoms with Gasteiger partial charge in [0.1, 0.15) is 11.6 Å². The van der Waals surface area contributed by atoms with Crippen LogP contribution in [0.4, 0.5) is 4.39 Å². The highest BCUT2D eigenvalue weighted by molar-refractivity contribution is 6.32. The quantitative estimate of drug-likeness (QED) is 0.757. The standard InChI is InChI=1S/C13H18ClFN2O2.ClH/c1-3-16-6-7-17-13(18)9(2)19-12-5-4-10(15)8-11(12)14;/h4-5,8-9,16H,3,6-7H2,1-2H3,(H,17,18);1H. The lowest BCUT2D eigenvalue weighted by atomic mass is 10.3. The molecule has 114 valence electrons. The Bertz CT molecular complexity index is 433. The Labute approximate surface area is 129 Å². The van der Waals surface area contributed by atoms with Gasteiger partial charge in [-0.15, -0.1) is 12.4 Å². The summed E-state index contributed by atoms with van der Waals surface area (Å²) >= 11 is 5.82. The van der Waals surface area contributed by atoms with Gasteiger partial charge in [-0.1, -0.05) is 18.5 Å². The summed E-state index contributed by atoms with van der Waals surface area (Å²) in [6.45, 7) is 5.68. The molecule has 7 heteroatoms. The number of carbonyl (C=O) groups is 1. The molecule has 0 aliphatic carbocycles. The van der Waals surface area contributed by atoms with Gasteiger partial charge in [0.05, 0.1) is 5.02 Å². The van der Waals surface area contributed by atoms with Gasteiger partial charge in [0.25, 0.3) is 5.91 Å². The van der Waals surface area contributed by atoms with Crippen LogP contribution in [0.25, 0.3) is 0 Å². The molecule has 0 bridgehead atoms. The predicted octanol–water partition coefficient (Wildman–Crippen LogP) is 2.39. The smallest absolute Gasteiger partial charge is 0.260 e. The third-order valence-electron chi connectivity index (χ3n) is 2.42. The first kappa shape index (κ1) is 19.0. The fourth-order valence-electron chi connectivity index (χ4n) is 1.41. The molecule has 4 nitrogen and oxygen atoms in total. The van der Waals surface area contributed by atoms with Gasteiger partial charge in [-0.3, -0.25) is 4.79 Å². The van der Waals surface area contributed by atoms with Crippen LogP contribution in [0, 0.1) is 5.82 Å². The van der Waals surface area contributed by atoms with Crippen molar-refractivity contribution in [2.75, 3.05) is 19.6 Å². The second-order valence-electron chi connectivity index (χ2n) is 3.98. The highest BCUT2D eigenvalue weighted by Gasteiger charge is 2.15. The monoisotopic (exact) mass is 324 g/mol. The van der Waals surface area contributed by atoms with Crippen molar-refractivity contribution in [3.05, 3.63) is 29.0 Å². The SMILES string of the molecule is CCNCCNC(=O)C(C)Oc1ccc(F)cc1Cl.Cl. The highest BCUT2D eigenvalue weighted by Crippen LogP contribution is 2.25. The van der Waals surface area contributed by atoms with Crippen LogP contribution in [-0.2, 0) is 4.79 Å². The van der Waals surface area contributed by atoms with Gasteiger partial charge < -0.3 is 15.4 Å². The number of halogens is 3. The summed E-state index contributed by atoms with van der Waals surface area (Å²) in [6.07, 6.45) is -0.690. The summed E-state index contributed by atoms with van der Waals surface area (Å²) < 4.78 is 18.2. The molecule has 0 saturated carbocycles. The zero-order valence-electron chi connectivity index (χ0n) is 11.4. The number of benzene rings is 1. The number of amides is 1. The molecule has 0 aliphatic heterocycles. The van der Waals surface area contributed by atoms with Crippen molar-refractivity contribution >= 4 is 29.9 Å². The second-order valence-corrected chi connectivity index (χ2v) is 4.39. The van der Waals surface area contributed by atoms with E-state index in [1.54, 1.807) is 6.92 Å². The first-order valence-corrected chi connectivity index (χ1v) is 6.52. The van der Waals surface area contributed by atoms with Crippen molar-refractivity contribution in [3.63, 3.8) is 0 Å². The Kier molecular flexibility index (Phi) is 9.29. The summed E-state index contributed by atoms with van der Waals surface area (Å²) in [4.78, 5) is 11.7. The summed E-state index contributed by atoms with van der Waals surface area (Å²) in [5, 5.41) is 5.96. The third kappa shape index (κ3) is 6.41. The maximum Gasteiger partial charge on any atom is 0.260 e. The molecule has 1 amide bonds. The molecule has 1 atom stereocenters. The van der Waals surface area contributed by atoms with Crippen LogP contribution in [0.3, 0.4) is 0 Å². The zero-order valence-corrected chi connectivity index (χ0v) is 13.0. The van der Waals surface area contributed by atoms with E-state index in [1.807, 2.05) is 6.92 Å². The van der Waals surface area contributed by atoms with Gasteiger partial charge >= 0.3 is 0 Å². The average Bonchev–Trinajstić information content (AvgIpc) is 2.37. The summed E-state index contributed by atoms with van der Waals surface area (Å²) in [5.74, 6) is -0.393. The van der Waals surface area contributed by atoms with Crippen LogP contribution >= 0.6 is 24.0 Å². The minimum atomic E-state index is -0.690. The molecule has 0 radical (unpaired) electrons. The van der Waals surface area contributed by atoms with E-state index >= 15 is 0 Å². The van der Waals surface area contributed by atoms with Crippen LogP contribution < -0.4 is 15.4 Å². The number of likely N-dealkylation sites (N-methyl/N-ethyl adjacent to an activating group) is 1. The van der Waals surface area contributed by atoms with E-state index in [9.17, 15) is 9.18 Å². The van der Waals surface area contributed by atoms with E-state index in [-0.39, 0.29) is 29.1 Å². The van der Waals surface area contributed by atoms with Gasteiger partial charge in [0.15, 0.2) is 6.10 Å². The van der Waals surface area contributed by atoms with Crippen LogP contribution in [-0.4, -0.2) is 31.6 Å². The Morgan fingerprint density at radius 3 is 2.75 bits per heavy atom. The number of ether oxygens (including phenoxy) is 1. The van der Waals surface area contributed by atoms with E-state index in [0.717, 1.165) is 12.6 Å². The molecule has 0 spiro atoms. The first-order valence-electron chi connectivity index (χ1n) is 6.14. The molecular formula is C13H19Cl2FN2O2. The van der Waals surface area contributed by atoms with Crippen LogP contribution in [0.15, 0.2) is 18.2 Å². The molecule has 0 aliphatic rings. The molecule has 0 saturated heterocycles. The second kappa shape index (κ2) is 9.80. The Balaban J connectivity index is 0.00000361. The molecule has 0 aromatic heterocycles. The summed E-state index contributed by atoms with van der Waals surface area (Å²) in [5.41, 5.74) is 0. The highest BCUT2D eigenvalue weighted by atomic mass is 35.5. The maximum atomic E-state index is 12.9. The predicted molar refractivity (Wildman–Crippen MR) is 80.3 cm³/mol. The lowest BCUT2D eigenvalue weighted by molar-refractivity contribution is -0.127. The van der Waals surface area contributed by atoms with Gasteiger partial charge in [-0.05, 0) is 31.7 Å². The van der Waals surface area contributed by atoms with Crippen LogP contribution in [0.2, 0.25) is 5.02 Å². The molecule has 1 unspecified atom stereocenters. The topological polar surface area (TPSA) is 50.4 Å². The van der Waals surface area contributed by atoms with Crippen molar-refractivity contribution in [1.29, 1.82) is 0 Å². The van der Waals surface area contributed by atoms with E-state index in [2.05, 4.69) is 10.6 Å². The van der Waals surface area contributed by atoms with Gasteiger partial charge in [-0.2, -0.15) is 0 Å². The fourth-order valence-corrected chi connectivity index (χ4v) is 1.62. The largest absolute Gasteiger partial charge is 0.479 e. The Morgan fingerprint density at radius 2 is 2.15 bits per heavy atom. The molecule has 0 heterocycles. The van der Waals surface area contributed by atoms with Crippen molar-refractivity contribution in [2.24, 2.45) is 0 Å². The maximum absolute atomic E-state index is 12.9. The summed E-state index contributed by atoms with van der Waals surface area (Å²) in [6, 6.07) is 3.78. The molecule has 0 fully saturated rings. The minimum absolute atomic E-state index is 0. The van der Waals surface area contributed by atoms with Crippen molar-refractivity contribution in [1.82, 2.24) is 10.6 Å². The number of carbonyl (C=O) groups excluding carboxylic acids is 1. The molecule has 1 aromatic rings. The van der Waals surface area contributed by atoms with Crippen molar-refractivity contribution < 1.29 is 13.9 Å². The van der Waals surface area contributed by atoms with E-state index < -0.39 is 11.9 Å². The van der Waals surface area contributed by atoms with Crippen LogP contribution in [0.5, 0.6) is 5.75 Å². The van der Waals surface area contributed by atoms with Crippen LogP contribution in [0.1, 0.15) is 13.8 Å². The van der Waals surface area contributed by atoms with Gasteiger partial charge in [-0.25, -0.2) is 4.39 Å². The Morgan fingerprint density at radius 1 is 1.45 bits per heavy atom. The first-order chi connectivity index (χ1) is 9.04. The molecule has 2 N–H and O–H groups in total. The normalized spacial score (nSPS) is 11.4. The number of hydrogen-bond donors (Lipinski definition) is 2. The minimum Gasteiger partial charge on any atom is -0.479 e. The van der Waals surface area contributed by atoms with E-state index in [1.165, 1.54) is 12.1 Å². The van der Waals surface area contributed by atoms with Gasteiger partial charge in [0.2, 0.25) is 0 Å². The number of hydrogen-bond acceptors (Lipinski definition) is 3. The van der Waals surface area contributed by atoms with Gasteiger partial charge in [0, 0.05) is 13.1 Å². The fraction of sp³-hybridized carbons (Fsp3) is 0.462. The lowest BCUT2D eigenvalue weighted by Crippen LogP contribution is -2.39. The lowest BCUT2D eigenvalue weighted by Gasteiger charge is -2.15. The number of nitrogens with one attached hydrogen (secondary N) is 2.